The highest BCUT2D eigenvalue weighted by Gasteiger charge is 2.00. The normalized spacial score (nSPS) is 9.48. The highest BCUT2D eigenvalue weighted by atomic mass is 32.1. The first-order chi connectivity index (χ1) is 11.2. The lowest BCUT2D eigenvalue weighted by atomic mass is 10.1. The molecule has 0 N–H and O–H groups in total. The molecular weight excluding hydrogens is 309 g/mol. The first kappa shape index (κ1) is 16.9. The third-order valence-electron chi connectivity index (χ3n) is 3.09. The fraction of sp³-hybridized carbons (Fsp3) is 0.211. The van der Waals surface area contributed by atoms with Gasteiger partial charge in [0.05, 0.1) is 23.0 Å². The van der Waals surface area contributed by atoms with Crippen LogP contribution in [0.15, 0.2) is 47.5 Å². The van der Waals surface area contributed by atoms with Crippen LogP contribution in [0.2, 0.25) is 0 Å². The maximum Gasteiger partial charge on any atom is 0.141 e. The van der Waals surface area contributed by atoms with Crippen LogP contribution in [0.25, 0.3) is 0 Å². The lowest BCUT2D eigenvalue weighted by Crippen LogP contribution is -1.95. The zero-order valence-corrected chi connectivity index (χ0v) is 13.6. The number of benzene rings is 2. The largest absolute Gasteiger partial charge is 0.494 e. The van der Waals surface area contributed by atoms with Crippen LogP contribution in [0.1, 0.15) is 30.9 Å². The van der Waals surface area contributed by atoms with Crippen LogP contribution in [0, 0.1) is 17.7 Å². The highest BCUT2D eigenvalue weighted by molar-refractivity contribution is 7.78. The molecule has 0 aliphatic carbocycles. The molecule has 2 aromatic rings. The average Bonchev–Trinajstić information content (AvgIpc) is 2.56. The van der Waals surface area contributed by atoms with Gasteiger partial charge in [-0.15, -0.1) is 0 Å². The van der Waals surface area contributed by atoms with Crippen LogP contribution in [-0.4, -0.2) is 11.8 Å². The van der Waals surface area contributed by atoms with Gasteiger partial charge in [0.2, 0.25) is 0 Å². The summed E-state index contributed by atoms with van der Waals surface area (Å²) in [6.45, 7) is 2.83. The molecule has 0 radical (unpaired) electrons. The quantitative estimate of drug-likeness (QED) is 0.329. The molecule has 0 spiro atoms. The summed E-state index contributed by atoms with van der Waals surface area (Å²) in [6, 6.07) is 12.0. The van der Waals surface area contributed by atoms with Crippen molar-refractivity contribution >= 4 is 23.1 Å². The molecule has 0 aromatic heterocycles. The first-order valence-electron chi connectivity index (χ1n) is 7.35. The fourth-order valence-electron chi connectivity index (χ4n) is 1.84. The molecule has 0 amide bonds. The van der Waals surface area contributed by atoms with Crippen molar-refractivity contribution < 1.29 is 9.13 Å². The van der Waals surface area contributed by atoms with Crippen LogP contribution in [-0.2, 0) is 0 Å². The van der Waals surface area contributed by atoms with Crippen molar-refractivity contribution in [3.63, 3.8) is 0 Å². The molecule has 2 aromatic carbocycles. The zero-order valence-electron chi connectivity index (χ0n) is 12.8. The van der Waals surface area contributed by atoms with E-state index in [-0.39, 0.29) is 0 Å². The molecule has 0 aliphatic heterocycles. The second kappa shape index (κ2) is 8.85. The minimum atomic E-state index is -0.427. The van der Waals surface area contributed by atoms with E-state index in [1.165, 1.54) is 6.07 Å². The molecule has 0 saturated carbocycles. The summed E-state index contributed by atoms with van der Waals surface area (Å²) in [7, 11) is 0. The molecule has 0 fully saturated rings. The second-order valence-corrected chi connectivity index (χ2v) is 5.03. The molecule has 0 saturated heterocycles. The minimum Gasteiger partial charge on any atom is -0.494 e. The molecule has 0 bridgehead atoms. The van der Waals surface area contributed by atoms with Crippen molar-refractivity contribution in [2.75, 3.05) is 6.61 Å². The van der Waals surface area contributed by atoms with Gasteiger partial charge in [-0.1, -0.05) is 25.2 Å². The predicted octanol–water partition coefficient (Wildman–Crippen LogP) is 5.14. The molecule has 2 rings (SSSR count). The van der Waals surface area contributed by atoms with Gasteiger partial charge in [-0.3, -0.25) is 0 Å². The van der Waals surface area contributed by atoms with Crippen LogP contribution in [0.5, 0.6) is 5.75 Å². The topological polar surface area (TPSA) is 21.6 Å². The molecular formula is C19H16FNOS. The van der Waals surface area contributed by atoms with E-state index in [1.54, 1.807) is 12.1 Å². The summed E-state index contributed by atoms with van der Waals surface area (Å²) in [5.74, 6) is 6.14. The van der Waals surface area contributed by atoms with Crippen molar-refractivity contribution in [2.24, 2.45) is 4.99 Å². The molecule has 0 aliphatic rings. The third-order valence-corrected chi connectivity index (χ3v) is 3.18. The van der Waals surface area contributed by atoms with Gasteiger partial charge in [0.1, 0.15) is 11.6 Å². The van der Waals surface area contributed by atoms with Crippen molar-refractivity contribution in [2.45, 2.75) is 19.8 Å². The standard InChI is InChI=1S/C19H16FNOS/c1-2-3-12-22-18-10-5-15(6-11-18)4-7-16-8-9-17(21-14-23)13-19(16)20/h5-6,8-11,13H,2-3,12H2,1H3. The van der Waals surface area contributed by atoms with E-state index < -0.39 is 5.82 Å². The van der Waals surface area contributed by atoms with E-state index in [1.807, 2.05) is 24.3 Å². The Bertz CT molecular complexity index is 768. The zero-order chi connectivity index (χ0) is 16.5. The van der Waals surface area contributed by atoms with Crippen molar-refractivity contribution in [1.82, 2.24) is 0 Å². The van der Waals surface area contributed by atoms with E-state index in [9.17, 15) is 4.39 Å². The maximum absolute atomic E-state index is 13.9. The Hall–Kier alpha value is -2.47. The number of thiocarbonyl (C=S) groups is 1. The van der Waals surface area contributed by atoms with Crippen LogP contribution in [0.4, 0.5) is 10.1 Å². The molecule has 4 heteroatoms. The third kappa shape index (κ3) is 5.34. The summed E-state index contributed by atoms with van der Waals surface area (Å²) in [5, 5.41) is 2.21. The van der Waals surface area contributed by atoms with Gasteiger partial charge in [0.25, 0.3) is 0 Å². The Morgan fingerprint density at radius 2 is 1.91 bits per heavy atom. The lowest BCUT2D eigenvalue weighted by Gasteiger charge is -2.04. The summed E-state index contributed by atoms with van der Waals surface area (Å²) in [4.78, 5) is 3.73. The Morgan fingerprint density at radius 3 is 2.57 bits per heavy atom. The Balaban J connectivity index is 2.08. The van der Waals surface area contributed by atoms with Crippen molar-refractivity contribution in [3.8, 4) is 17.6 Å². The van der Waals surface area contributed by atoms with Crippen LogP contribution in [0.3, 0.4) is 0 Å². The van der Waals surface area contributed by atoms with Gasteiger partial charge in [-0.2, -0.15) is 4.99 Å². The summed E-state index contributed by atoms with van der Waals surface area (Å²) in [6.07, 6.45) is 2.13. The van der Waals surface area contributed by atoms with Gasteiger partial charge in [-0.05, 0) is 55.0 Å². The van der Waals surface area contributed by atoms with Crippen LogP contribution < -0.4 is 4.74 Å². The molecule has 0 heterocycles. The van der Waals surface area contributed by atoms with E-state index >= 15 is 0 Å². The second-order valence-electron chi connectivity index (χ2n) is 4.84. The number of halogens is 1. The number of unbranched alkanes of at least 4 members (excludes halogenated alkanes) is 1. The summed E-state index contributed by atoms with van der Waals surface area (Å²) in [5.41, 5.74) is 1.54. The minimum absolute atomic E-state index is 0.316. The number of ether oxygens (including phenoxy) is 1. The van der Waals surface area contributed by atoms with Gasteiger partial charge in [-0.25, -0.2) is 4.39 Å². The van der Waals surface area contributed by atoms with Crippen molar-refractivity contribution in [1.29, 1.82) is 0 Å². The summed E-state index contributed by atoms with van der Waals surface area (Å²) < 4.78 is 19.5. The number of nitrogens with zero attached hydrogens (tertiary/aromatic N) is 1. The molecule has 116 valence electrons. The van der Waals surface area contributed by atoms with E-state index in [2.05, 4.69) is 41.1 Å². The number of hydrogen-bond acceptors (Lipinski definition) is 3. The highest BCUT2D eigenvalue weighted by Crippen LogP contribution is 2.16. The molecule has 23 heavy (non-hydrogen) atoms. The lowest BCUT2D eigenvalue weighted by molar-refractivity contribution is 0.309. The smallest absolute Gasteiger partial charge is 0.141 e. The van der Waals surface area contributed by atoms with Gasteiger partial charge >= 0.3 is 0 Å². The van der Waals surface area contributed by atoms with Crippen molar-refractivity contribution in [3.05, 3.63) is 59.4 Å². The van der Waals surface area contributed by atoms with Gasteiger partial charge in [0.15, 0.2) is 0 Å². The molecule has 0 unspecified atom stereocenters. The van der Waals surface area contributed by atoms with E-state index in [0.29, 0.717) is 17.9 Å². The number of aliphatic imine (C=N–C) groups is 1. The number of isothiocyanates is 1. The number of hydrogen-bond donors (Lipinski definition) is 0. The first-order valence-corrected chi connectivity index (χ1v) is 7.76. The van der Waals surface area contributed by atoms with Gasteiger partial charge < -0.3 is 4.74 Å². The Kier molecular flexibility index (Phi) is 6.50. The predicted molar refractivity (Wildman–Crippen MR) is 93.9 cm³/mol. The number of rotatable bonds is 5. The Morgan fingerprint density at radius 1 is 1.13 bits per heavy atom. The van der Waals surface area contributed by atoms with E-state index in [0.717, 1.165) is 24.2 Å². The van der Waals surface area contributed by atoms with Crippen LogP contribution >= 0.6 is 12.2 Å². The average molecular weight is 325 g/mol. The fourth-order valence-corrected chi connectivity index (χ4v) is 1.94. The van der Waals surface area contributed by atoms with Gasteiger partial charge in [0, 0.05) is 11.6 Å². The molecule has 0 atom stereocenters. The SMILES string of the molecule is CCCCOc1ccc(C#Cc2ccc(N=C=S)cc2F)cc1. The molecule has 2 nitrogen and oxygen atoms in total. The Labute approximate surface area is 141 Å². The maximum atomic E-state index is 13.9. The monoisotopic (exact) mass is 325 g/mol. The van der Waals surface area contributed by atoms with E-state index in [4.69, 9.17) is 4.74 Å². The summed E-state index contributed by atoms with van der Waals surface area (Å²) >= 11 is 4.49.